The van der Waals surface area contributed by atoms with Crippen LogP contribution >= 0.6 is 11.6 Å². The molecule has 1 aromatic carbocycles. The molecular formula is C16H18ClN3O. The van der Waals surface area contributed by atoms with Gasteiger partial charge in [0.15, 0.2) is 0 Å². The average Bonchev–Trinajstić information content (AvgIpc) is 2.48. The minimum absolute atomic E-state index is 0.0423. The van der Waals surface area contributed by atoms with Crippen molar-refractivity contribution in [1.82, 2.24) is 4.98 Å². The first-order valence-corrected chi connectivity index (χ1v) is 7.18. The zero-order valence-electron chi connectivity index (χ0n) is 12.1. The molecule has 21 heavy (non-hydrogen) atoms. The van der Waals surface area contributed by atoms with Crippen molar-refractivity contribution in [2.75, 3.05) is 10.6 Å². The van der Waals surface area contributed by atoms with Crippen molar-refractivity contribution in [1.29, 1.82) is 0 Å². The Hall–Kier alpha value is -2.07. The molecule has 0 radical (unpaired) electrons. The van der Waals surface area contributed by atoms with Gasteiger partial charge in [-0.1, -0.05) is 43.6 Å². The minimum atomic E-state index is -0.0650. The Labute approximate surface area is 129 Å². The number of amides is 1. The van der Waals surface area contributed by atoms with Gasteiger partial charge in [0.05, 0.1) is 11.9 Å². The number of halogens is 1. The number of nitrogens with one attached hydrogen (secondary N) is 2. The lowest BCUT2D eigenvalue weighted by Gasteiger charge is -2.10. The molecule has 0 unspecified atom stereocenters. The van der Waals surface area contributed by atoms with Crippen LogP contribution in [0.25, 0.3) is 0 Å². The summed E-state index contributed by atoms with van der Waals surface area (Å²) in [4.78, 5) is 15.8. The number of carbonyl (C=O) groups is 1. The van der Waals surface area contributed by atoms with Crippen molar-refractivity contribution in [3.63, 3.8) is 0 Å². The lowest BCUT2D eigenvalue weighted by Crippen LogP contribution is -2.18. The van der Waals surface area contributed by atoms with E-state index in [4.69, 9.17) is 11.6 Å². The van der Waals surface area contributed by atoms with E-state index in [1.54, 1.807) is 12.3 Å². The molecule has 4 nitrogen and oxygen atoms in total. The standard InChI is InChI=1S/C16H18ClN3O/c1-11(2)16(21)20-15-8-7-13(10-19-15)18-9-12-5-3-4-6-14(12)17/h3-8,10-11,18H,9H2,1-2H3,(H,19,20,21). The van der Waals surface area contributed by atoms with Gasteiger partial charge in [0, 0.05) is 17.5 Å². The molecule has 0 spiro atoms. The maximum absolute atomic E-state index is 11.6. The highest BCUT2D eigenvalue weighted by atomic mass is 35.5. The summed E-state index contributed by atoms with van der Waals surface area (Å²) < 4.78 is 0. The van der Waals surface area contributed by atoms with Crippen molar-refractivity contribution < 1.29 is 4.79 Å². The highest BCUT2D eigenvalue weighted by Crippen LogP contribution is 2.17. The fourth-order valence-corrected chi connectivity index (χ4v) is 1.88. The number of benzene rings is 1. The minimum Gasteiger partial charge on any atom is -0.380 e. The van der Waals surface area contributed by atoms with Gasteiger partial charge in [-0.3, -0.25) is 4.79 Å². The summed E-state index contributed by atoms with van der Waals surface area (Å²) in [6, 6.07) is 11.3. The van der Waals surface area contributed by atoms with Crippen molar-refractivity contribution in [2.24, 2.45) is 5.92 Å². The van der Waals surface area contributed by atoms with Crippen molar-refractivity contribution in [3.8, 4) is 0 Å². The molecule has 2 aromatic rings. The van der Waals surface area contributed by atoms with Crippen LogP contribution in [0.15, 0.2) is 42.6 Å². The van der Waals surface area contributed by atoms with Gasteiger partial charge in [0.1, 0.15) is 5.82 Å². The van der Waals surface area contributed by atoms with Gasteiger partial charge in [-0.2, -0.15) is 0 Å². The van der Waals surface area contributed by atoms with E-state index in [-0.39, 0.29) is 11.8 Å². The van der Waals surface area contributed by atoms with E-state index in [1.165, 1.54) is 0 Å². The molecular weight excluding hydrogens is 286 g/mol. The summed E-state index contributed by atoms with van der Waals surface area (Å²) in [5.74, 6) is 0.445. The van der Waals surface area contributed by atoms with Crippen LogP contribution in [0.4, 0.5) is 11.5 Å². The Morgan fingerprint density at radius 3 is 2.62 bits per heavy atom. The molecule has 0 saturated heterocycles. The number of carbonyl (C=O) groups excluding carboxylic acids is 1. The van der Waals surface area contributed by atoms with E-state index in [0.717, 1.165) is 16.3 Å². The molecule has 0 aliphatic rings. The maximum Gasteiger partial charge on any atom is 0.228 e. The first-order chi connectivity index (χ1) is 10.1. The highest BCUT2D eigenvalue weighted by molar-refractivity contribution is 6.31. The Balaban J connectivity index is 1.94. The van der Waals surface area contributed by atoms with Crippen LogP contribution in [-0.2, 0) is 11.3 Å². The lowest BCUT2D eigenvalue weighted by molar-refractivity contribution is -0.118. The number of aromatic nitrogens is 1. The third-order valence-corrected chi connectivity index (χ3v) is 3.35. The smallest absolute Gasteiger partial charge is 0.228 e. The van der Waals surface area contributed by atoms with Gasteiger partial charge >= 0.3 is 0 Å². The molecule has 0 atom stereocenters. The molecule has 5 heteroatoms. The molecule has 1 heterocycles. The Morgan fingerprint density at radius 1 is 1.24 bits per heavy atom. The summed E-state index contributed by atoms with van der Waals surface area (Å²) in [6.07, 6.45) is 1.69. The van der Waals surface area contributed by atoms with Crippen LogP contribution in [0, 0.1) is 5.92 Å². The first-order valence-electron chi connectivity index (χ1n) is 6.80. The van der Waals surface area contributed by atoms with Crippen LogP contribution < -0.4 is 10.6 Å². The Morgan fingerprint density at radius 2 is 2.00 bits per heavy atom. The molecule has 0 fully saturated rings. The SMILES string of the molecule is CC(C)C(=O)Nc1ccc(NCc2ccccc2Cl)cn1. The normalized spacial score (nSPS) is 10.5. The van der Waals surface area contributed by atoms with Crippen molar-refractivity contribution in [3.05, 3.63) is 53.2 Å². The number of hydrogen-bond donors (Lipinski definition) is 2. The van der Waals surface area contributed by atoms with Gasteiger partial charge in [-0.25, -0.2) is 4.98 Å². The van der Waals surface area contributed by atoms with Crippen LogP contribution in [0.1, 0.15) is 19.4 Å². The predicted molar refractivity (Wildman–Crippen MR) is 86.5 cm³/mol. The molecule has 0 saturated carbocycles. The van der Waals surface area contributed by atoms with Gasteiger partial charge < -0.3 is 10.6 Å². The molecule has 0 aliphatic carbocycles. The quantitative estimate of drug-likeness (QED) is 0.879. The van der Waals surface area contributed by atoms with Crippen molar-refractivity contribution in [2.45, 2.75) is 20.4 Å². The summed E-state index contributed by atoms with van der Waals surface area (Å²) in [7, 11) is 0. The number of rotatable bonds is 5. The fraction of sp³-hybridized carbons (Fsp3) is 0.250. The lowest BCUT2D eigenvalue weighted by atomic mass is 10.2. The van der Waals surface area contributed by atoms with E-state index >= 15 is 0 Å². The molecule has 2 rings (SSSR count). The molecule has 110 valence electrons. The second-order valence-electron chi connectivity index (χ2n) is 5.02. The van der Waals surface area contributed by atoms with E-state index in [2.05, 4.69) is 15.6 Å². The zero-order chi connectivity index (χ0) is 15.2. The number of nitrogens with zero attached hydrogens (tertiary/aromatic N) is 1. The largest absolute Gasteiger partial charge is 0.380 e. The van der Waals surface area contributed by atoms with E-state index in [1.807, 2.05) is 44.2 Å². The van der Waals surface area contributed by atoms with Crippen LogP contribution in [-0.4, -0.2) is 10.9 Å². The number of pyridine rings is 1. The second kappa shape index (κ2) is 7.09. The summed E-state index contributed by atoms with van der Waals surface area (Å²) in [6.45, 7) is 4.31. The third-order valence-electron chi connectivity index (χ3n) is 2.98. The average molecular weight is 304 g/mol. The summed E-state index contributed by atoms with van der Waals surface area (Å²) >= 11 is 6.10. The van der Waals surface area contributed by atoms with Crippen LogP contribution in [0.3, 0.4) is 0 Å². The van der Waals surface area contributed by atoms with Crippen LogP contribution in [0.2, 0.25) is 5.02 Å². The zero-order valence-corrected chi connectivity index (χ0v) is 12.8. The van der Waals surface area contributed by atoms with Crippen molar-refractivity contribution >= 4 is 29.0 Å². The first kappa shape index (κ1) is 15.3. The van der Waals surface area contributed by atoms with Gasteiger partial charge in [-0.15, -0.1) is 0 Å². The molecule has 1 aromatic heterocycles. The van der Waals surface area contributed by atoms with Gasteiger partial charge in [0.2, 0.25) is 5.91 Å². The highest BCUT2D eigenvalue weighted by Gasteiger charge is 2.07. The topological polar surface area (TPSA) is 54.0 Å². The van der Waals surface area contributed by atoms with Crippen LogP contribution in [0.5, 0.6) is 0 Å². The molecule has 2 N–H and O–H groups in total. The molecule has 1 amide bonds. The number of hydrogen-bond acceptors (Lipinski definition) is 3. The fourth-order valence-electron chi connectivity index (χ4n) is 1.68. The van der Waals surface area contributed by atoms with E-state index in [9.17, 15) is 4.79 Å². The molecule has 0 aliphatic heterocycles. The monoisotopic (exact) mass is 303 g/mol. The van der Waals surface area contributed by atoms with E-state index < -0.39 is 0 Å². The molecule has 0 bridgehead atoms. The number of anilines is 2. The Bertz CT molecular complexity index is 611. The summed E-state index contributed by atoms with van der Waals surface area (Å²) in [5.41, 5.74) is 1.90. The third kappa shape index (κ3) is 4.46. The Kier molecular flexibility index (Phi) is 5.17. The van der Waals surface area contributed by atoms with E-state index in [0.29, 0.717) is 12.4 Å². The summed E-state index contributed by atoms with van der Waals surface area (Å²) in [5, 5.41) is 6.73. The van der Waals surface area contributed by atoms with Gasteiger partial charge in [0.25, 0.3) is 0 Å². The second-order valence-corrected chi connectivity index (χ2v) is 5.43. The maximum atomic E-state index is 11.6. The van der Waals surface area contributed by atoms with Gasteiger partial charge in [-0.05, 0) is 23.8 Å². The predicted octanol–water partition coefficient (Wildman–Crippen LogP) is 3.94.